The SMILES string of the molecule is CC(C)(C)[Si](C)(C)O[C@H](C(=O)NCCC(=O)O)[C@@H](O[Si](C)(C)C(C)(C)C)C(=O)CCCN. The molecule has 10 heteroatoms. The summed E-state index contributed by atoms with van der Waals surface area (Å²) in [6, 6.07) is 0. The molecule has 0 saturated heterocycles. The van der Waals surface area contributed by atoms with Gasteiger partial charge in [-0.15, -0.1) is 0 Å². The van der Waals surface area contributed by atoms with Crippen molar-refractivity contribution in [2.24, 2.45) is 5.73 Å². The normalized spacial score (nSPS) is 15.2. The van der Waals surface area contributed by atoms with Crippen molar-refractivity contribution < 1.29 is 28.3 Å². The van der Waals surface area contributed by atoms with E-state index < -0.39 is 40.7 Å². The van der Waals surface area contributed by atoms with E-state index in [2.05, 4.69) is 46.9 Å². The maximum atomic E-state index is 13.3. The van der Waals surface area contributed by atoms with Crippen LogP contribution in [0.4, 0.5) is 0 Å². The van der Waals surface area contributed by atoms with E-state index in [-0.39, 0.29) is 35.2 Å². The molecule has 0 aliphatic carbocycles. The van der Waals surface area contributed by atoms with Crippen LogP contribution in [0.3, 0.4) is 0 Å². The van der Waals surface area contributed by atoms with Crippen LogP contribution in [0, 0.1) is 0 Å². The van der Waals surface area contributed by atoms with E-state index >= 15 is 0 Å². The third-order valence-electron chi connectivity index (χ3n) is 6.57. The fraction of sp³-hybridized carbons (Fsp3) is 0.864. The molecule has 0 rings (SSSR count). The molecule has 0 aromatic heterocycles. The maximum Gasteiger partial charge on any atom is 0.305 e. The van der Waals surface area contributed by atoms with Crippen molar-refractivity contribution in [2.45, 2.75) is 109 Å². The summed E-state index contributed by atoms with van der Waals surface area (Å²) in [6.45, 7) is 20.8. The summed E-state index contributed by atoms with van der Waals surface area (Å²) in [5, 5.41) is 11.2. The Balaban J connectivity index is 6.24. The molecule has 0 saturated carbocycles. The number of aliphatic carboxylic acids is 1. The molecule has 4 N–H and O–H groups in total. The third kappa shape index (κ3) is 9.42. The van der Waals surface area contributed by atoms with Crippen molar-refractivity contribution >= 4 is 34.3 Å². The molecule has 0 bridgehead atoms. The first-order chi connectivity index (χ1) is 14.3. The first-order valence-electron chi connectivity index (χ1n) is 11.3. The standard InChI is InChI=1S/C22H46N2O6Si2/c1-21(2,3)31(7,8)29-18(16(25)12-11-14-23)19(20(28)24-15-13-17(26)27)30-32(9,10)22(4,5)6/h18-19H,11-15,23H2,1-10H3,(H,24,28)(H,26,27)/t18-,19-/m0/s1. The number of hydrogen-bond acceptors (Lipinski definition) is 6. The number of amides is 1. The summed E-state index contributed by atoms with van der Waals surface area (Å²) in [5.41, 5.74) is 5.62. The lowest BCUT2D eigenvalue weighted by Crippen LogP contribution is -2.58. The van der Waals surface area contributed by atoms with Gasteiger partial charge in [0, 0.05) is 13.0 Å². The lowest BCUT2D eigenvalue weighted by Gasteiger charge is -2.44. The Morgan fingerprint density at radius 2 is 1.31 bits per heavy atom. The number of hydrogen-bond donors (Lipinski definition) is 3. The first kappa shape index (κ1) is 30.9. The van der Waals surface area contributed by atoms with Gasteiger partial charge < -0.3 is 25.0 Å². The van der Waals surface area contributed by atoms with Gasteiger partial charge in [0.25, 0.3) is 5.91 Å². The molecular weight excluding hydrogens is 444 g/mol. The van der Waals surface area contributed by atoms with Gasteiger partial charge in [0.15, 0.2) is 28.5 Å². The smallest absolute Gasteiger partial charge is 0.305 e. The Hall–Kier alpha value is -1.08. The minimum atomic E-state index is -2.47. The van der Waals surface area contributed by atoms with Gasteiger partial charge in [0.05, 0.1) is 6.42 Å². The van der Waals surface area contributed by atoms with E-state index in [1.807, 2.05) is 26.2 Å². The Labute approximate surface area is 196 Å². The molecule has 0 aromatic rings. The van der Waals surface area contributed by atoms with Crippen LogP contribution in [-0.2, 0) is 23.2 Å². The Morgan fingerprint density at radius 1 is 0.875 bits per heavy atom. The second-order valence-electron chi connectivity index (χ2n) is 11.4. The van der Waals surface area contributed by atoms with Crippen molar-refractivity contribution in [3.63, 3.8) is 0 Å². The molecule has 0 spiro atoms. The fourth-order valence-electron chi connectivity index (χ4n) is 2.35. The van der Waals surface area contributed by atoms with E-state index in [0.717, 1.165) is 0 Å². The van der Waals surface area contributed by atoms with Crippen molar-refractivity contribution in [2.75, 3.05) is 13.1 Å². The highest BCUT2D eigenvalue weighted by Gasteiger charge is 2.48. The molecular formula is C22H46N2O6Si2. The third-order valence-corrected chi connectivity index (χ3v) is 15.5. The number of nitrogens with two attached hydrogens (primary N) is 1. The first-order valence-corrected chi connectivity index (χ1v) is 17.2. The molecule has 1 amide bonds. The average Bonchev–Trinajstić information content (AvgIpc) is 2.60. The van der Waals surface area contributed by atoms with Gasteiger partial charge in [0.2, 0.25) is 0 Å². The summed E-state index contributed by atoms with van der Waals surface area (Å²) in [4.78, 5) is 37.4. The Bertz CT molecular complexity index is 654. The molecule has 0 aliphatic heterocycles. The van der Waals surface area contributed by atoms with E-state index in [4.69, 9.17) is 19.7 Å². The van der Waals surface area contributed by atoms with Gasteiger partial charge in [-0.2, -0.15) is 0 Å². The number of carboxylic acid groups (broad SMARTS) is 1. The lowest BCUT2D eigenvalue weighted by molar-refractivity contribution is -0.143. The highest BCUT2D eigenvalue weighted by Crippen LogP contribution is 2.40. The molecule has 8 nitrogen and oxygen atoms in total. The molecule has 32 heavy (non-hydrogen) atoms. The molecule has 188 valence electrons. The van der Waals surface area contributed by atoms with Gasteiger partial charge >= 0.3 is 5.97 Å². The van der Waals surface area contributed by atoms with Crippen LogP contribution in [0.1, 0.15) is 60.8 Å². The summed E-state index contributed by atoms with van der Waals surface area (Å²) in [5.74, 6) is -1.74. The quantitative estimate of drug-likeness (QED) is 0.336. The van der Waals surface area contributed by atoms with Crippen LogP contribution >= 0.6 is 0 Å². The lowest BCUT2D eigenvalue weighted by atomic mass is 10.0. The molecule has 2 atom stereocenters. The van der Waals surface area contributed by atoms with Gasteiger partial charge in [0.1, 0.15) is 6.10 Å². The maximum absolute atomic E-state index is 13.3. The predicted molar refractivity (Wildman–Crippen MR) is 133 cm³/mol. The fourth-order valence-corrected chi connectivity index (χ4v) is 4.81. The Kier molecular flexibility index (Phi) is 11.5. The number of carbonyl (C=O) groups excluding carboxylic acids is 2. The van der Waals surface area contributed by atoms with E-state index in [9.17, 15) is 14.4 Å². The molecule has 0 unspecified atom stereocenters. The topological polar surface area (TPSA) is 128 Å². The molecule has 0 aromatic carbocycles. The number of Topliss-reactive ketones (excluding diaryl/α,β-unsaturated/α-hetero) is 1. The van der Waals surface area contributed by atoms with E-state index in [1.165, 1.54) is 0 Å². The van der Waals surface area contributed by atoms with Crippen LogP contribution in [0.5, 0.6) is 0 Å². The van der Waals surface area contributed by atoms with Crippen molar-refractivity contribution in [1.29, 1.82) is 0 Å². The minimum Gasteiger partial charge on any atom is -0.481 e. The van der Waals surface area contributed by atoms with E-state index in [1.54, 1.807) is 0 Å². The van der Waals surface area contributed by atoms with Crippen LogP contribution in [0.15, 0.2) is 0 Å². The number of carbonyl (C=O) groups is 3. The monoisotopic (exact) mass is 490 g/mol. The molecule has 0 aliphatic rings. The molecule has 0 heterocycles. The van der Waals surface area contributed by atoms with Crippen molar-refractivity contribution in [1.82, 2.24) is 5.32 Å². The van der Waals surface area contributed by atoms with Crippen LogP contribution < -0.4 is 11.1 Å². The summed E-state index contributed by atoms with van der Waals surface area (Å²) in [6.07, 6.45) is -1.75. The number of carboxylic acids is 1. The summed E-state index contributed by atoms with van der Waals surface area (Å²) in [7, 11) is -4.91. The predicted octanol–water partition coefficient (Wildman–Crippen LogP) is 3.67. The summed E-state index contributed by atoms with van der Waals surface area (Å²) >= 11 is 0. The van der Waals surface area contributed by atoms with Gasteiger partial charge in [-0.05, 0) is 49.2 Å². The largest absolute Gasteiger partial charge is 0.481 e. The summed E-state index contributed by atoms with van der Waals surface area (Å²) < 4.78 is 13.0. The zero-order chi connectivity index (χ0) is 25.5. The van der Waals surface area contributed by atoms with Crippen molar-refractivity contribution in [3.05, 3.63) is 0 Å². The second-order valence-corrected chi connectivity index (χ2v) is 20.9. The second kappa shape index (κ2) is 11.9. The number of ketones is 1. The van der Waals surface area contributed by atoms with Gasteiger partial charge in [-0.25, -0.2) is 0 Å². The van der Waals surface area contributed by atoms with Crippen LogP contribution in [-0.4, -0.2) is 64.7 Å². The zero-order valence-electron chi connectivity index (χ0n) is 21.8. The van der Waals surface area contributed by atoms with Gasteiger partial charge in [-0.1, -0.05) is 41.5 Å². The van der Waals surface area contributed by atoms with Gasteiger partial charge in [-0.3, -0.25) is 14.4 Å². The van der Waals surface area contributed by atoms with Crippen LogP contribution in [0.2, 0.25) is 36.3 Å². The van der Waals surface area contributed by atoms with E-state index in [0.29, 0.717) is 13.0 Å². The number of rotatable bonds is 13. The van der Waals surface area contributed by atoms with Crippen LogP contribution in [0.25, 0.3) is 0 Å². The molecule has 0 radical (unpaired) electrons. The highest BCUT2D eigenvalue weighted by molar-refractivity contribution is 6.75. The van der Waals surface area contributed by atoms with Crippen molar-refractivity contribution in [3.8, 4) is 0 Å². The highest BCUT2D eigenvalue weighted by atomic mass is 28.4. The Morgan fingerprint density at radius 3 is 1.69 bits per heavy atom. The average molecular weight is 491 g/mol. The zero-order valence-corrected chi connectivity index (χ0v) is 23.8. The minimum absolute atomic E-state index is 0.0463. The molecule has 0 fully saturated rings. The number of nitrogens with one attached hydrogen (secondary N) is 1.